The van der Waals surface area contributed by atoms with Crippen molar-refractivity contribution in [1.29, 1.82) is 0 Å². The number of nitrogens with one attached hydrogen (secondary N) is 1. The number of hydrogen-bond acceptors (Lipinski definition) is 4. The second-order valence-electron chi connectivity index (χ2n) is 9.92. The van der Waals surface area contributed by atoms with Crippen LogP contribution in [0.2, 0.25) is 5.02 Å². The number of carbonyl (C=O) groups is 1. The maximum Gasteiger partial charge on any atom is 0.258 e. The molecule has 0 saturated heterocycles. The fraction of sp³-hybridized carbons (Fsp3) is 0.423. The lowest BCUT2D eigenvalue weighted by atomic mass is 9.63. The third-order valence-electron chi connectivity index (χ3n) is 6.92. The Kier molecular flexibility index (Phi) is 6.17. The summed E-state index contributed by atoms with van der Waals surface area (Å²) in [4.78, 5) is 15.3. The van der Waals surface area contributed by atoms with E-state index in [1.165, 1.54) is 0 Å². The third-order valence-corrected chi connectivity index (χ3v) is 7.56. The molecule has 34 heavy (non-hydrogen) atoms. The first-order valence-electron chi connectivity index (χ1n) is 11.7. The number of halogens is 2. The molecule has 8 heteroatoms. The highest BCUT2D eigenvalue weighted by Crippen LogP contribution is 2.51. The number of amides is 1. The van der Waals surface area contributed by atoms with Crippen LogP contribution in [0.3, 0.4) is 0 Å². The van der Waals surface area contributed by atoms with Crippen molar-refractivity contribution in [1.82, 2.24) is 20.1 Å². The van der Waals surface area contributed by atoms with Gasteiger partial charge in [-0.2, -0.15) is 0 Å². The summed E-state index contributed by atoms with van der Waals surface area (Å²) in [7, 11) is 1.96. The molecule has 0 atom stereocenters. The van der Waals surface area contributed by atoms with Crippen molar-refractivity contribution >= 4 is 34.8 Å². The minimum absolute atomic E-state index is 0.0173. The largest absolute Gasteiger partial charge is 0.320 e. The number of fused-ring (bicyclic) bond motifs is 1. The standard InChI is InChI=1S/C26H29Cl2N5O/c1-16(2)12-29-13-17-7-21-22(23(28)8-17)14-33(24(21)34)20-6-4-5-18(9-20)26(10-19(27)11-26)25-31-30-15-32(25)3/h4-9,15-16,19,29H,10-14H2,1-3H3. The summed E-state index contributed by atoms with van der Waals surface area (Å²) in [6.45, 7) is 6.41. The SMILES string of the molecule is CC(C)CNCc1cc(Cl)c2c(c1)C(=O)N(c1cccc(C3(c4nncn4C)CC(Cl)C3)c1)C2. The zero-order valence-corrected chi connectivity index (χ0v) is 21.2. The van der Waals surface area contributed by atoms with Gasteiger partial charge >= 0.3 is 0 Å². The van der Waals surface area contributed by atoms with Crippen molar-refractivity contribution in [3.8, 4) is 0 Å². The fourth-order valence-electron chi connectivity index (χ4n) is 5.17. The van der Waals surface area contributed by atoms with Crippen molar-refractivity contribution in [3.63, 3.8) is 0 Å². The zero-order chi connectivity index (χ0) is 24.0. The molecule has 178 valence electrons. The van der Waals surface area contributed by atoms with E-state index >= 15 is 0 Å². The van der Waals surface area contributed by atoms with Gasteiger partial charge in [0.05, 0.1) is 12.0 Å². The molecule has 0 radical (unpaired) electrons. The first-order valence-corrected chi connectivity index (χ1v) is 12.5. The van der Waals surface area contributed by atoms with E-state index in [1.807, 2.05) is 40.8 Å². The van der Waals surface area contributed by atoms with E-state index in [0.29, 0.717) is 29.6 Å². The van der Waals surface area contributed by atoms with Crippen molar-refractivity contribution < 1.29 is 4.79 Å². The Morgan fingerprint density at radius 3 is 2.71 bits per heavy atom. The van der Waals surface area contributed by atoms with Crippen molar-refractivity contribution in [2.45, 2.75) is 50.6 Å². The second kappa shape index (κ2) is 8.99. The molecule has 0 spiro atoms. The fourth-order valence-corrected chi connectivity index (χ4v) is 6.00. The number of hydrogen-bond donors (Lipinski definition) is 1. The van der Waals surface area contributed by atoms with Crippen molar-refractivity contribution in [3.05, 3.63) is 75.8 Å². The average molecular weight is 498 g/mol. The minimum atomic E-state index is -0.295. The first-order chi connectivity index (χ1) is 16.3. The van der Waals surface area contributed by atoms with Crippen LogP contribution < -0.4 is 10.2 Å². The van der Waals surface area contributed by atoms with E-state index in [4.69, 9.17) is 23.2 Å². The Balaban J connectivity index is 1.44. The molecule has 2 aromatic carbocycles. The molecule has 1 aromatic heterocycles. The number of aryl methyl sites for hydroxylation is 1. The topological polar surface area (TPSA) is 63.1 Å². The van der Waals surface area contributed by atoms with Crippen LogP contribution in [0.5, 0.6) is 0 Å². The Morgan fingerprint density at radius 2 is 2.03 bits per heavy atom. The molecule has 0 unspecified atom stereocenters. The predicted octanol–water partition coefficient (Wildman–Crippen LogP) is 5.06. The molecule has 2 aliphatic rings. The minimum Gasteiger partial charge on any atom is -0.320 e. The van der Waals surface area contributed by atoms with Crippen LogP contribution in [0.15, 0.2) is 42.7 Å². The average Bonchev–Trinajstić information content (AvgIpc) is 3.35. The Hall–Kier alpha value is -2.41. The molecule has 0 bridgehead atoms. The normalized spacial score (nSPS) is 21.8. The van der Waals surface area contributed by atoms with E-state index in [1.54, 1.807) is 6.33 Å². The van der Waals surface area contributed by atoms with Gasteiger partial charge in [-0.05, 0) is 60.7 Å². The Morgan fingerprint density at radius 1 is 1.24 bits per heavy atom. The Labute approximate surface area is 210 Å². The van der Waals surface area contributed by atoms with Crippen LogP contribution in [-0.2, 0) is 25.6 Å². The quantitative estimate of drug-likeness (QED) is 0.463. The van der Waals surface area contributed by atoms with Gasteiger partial charge < -0.3 is 14.8 Å². The zero-order valence-electron chi connectivity index (χ0n) is 19.7. The summed E-state index contributed by atoms with van der Waals surface area (Å²) >= 11 is 13.1. The number of nitrogens with zero attached hydrogens (tertiary/aromatic N) is 4. The van der Waals surface area contributed by atoms with Gasteiger partial charge in [0.2, 0.25) is 0 Å². The van der Waals surface area contributed by atoms with Crippen LogP contribution in [-0.4, -0.2) is 32.6 Å². The monoisotopic (exact) mass is 497 g/mol. The molecule has 1 N–H and O–H groups in total. The van der Waals surface area contributed by atoms with E-state index < -0.39 is 0 Å². The number of carbonyl (C=O) groups excluding carboxylic acids is 1. The predicted molar refractivity (Wildman–Crippen MR) is 136 cm³/mol. The molecule has 2 heterocycles. The number of alkyl halides is 1. The highest BCUT2D eigenvalue weighted by atomic mass is 35.5. The molecule has 3 aromatic rings. The van der Waals surface area contributed by atoms with Crippen molar-refractivity contribution in [2.24, 2.45) is 13.0 Å². The van der Waals surface area contributed by atoms with Crippen LogP contribution in [0, 0.1) is 5.92 Å². The van der Waals surface area contributed by atoms with Crippen LogP contribution in [0.4, 0.5) is 5.69 Å². The van der Waals surface area contributed by atoms with Gasteiger partial charge in [-0.3, -0.25) is 4.79 Å². The molecule has 1 aliphatic carbocycles. The van der Waals surface area contributed by atoms with Crippen LogP contribution >= 0.6 is 23.2 Å². The van der Waals surface area contributed by atoms with E-state index in [0.717, 1.165) is 47.6 Å². The first kappa shape index (κ1) is 23.3. The second-order valence-corrected chi connectivity index (χ2v) is 10.9. The molecule has 1 saturated carbocycles. The molecule has 1 aliphatic heterocycles. The van der Waals surface area contributed by atoms with Gasteiger partial charge in [0.1, 0.15) is 12.2 Å². The molecule has 1 amide bonds. The molecule has 1 fully saturated rings. The highest BCUT2D eigenvalue weighted by molar-refractivity contribution is 6.32. The van der Waals surface area contributed by atoms with Gasteiger partial charge in [0.15, 0.2) is 0 Å². The van der Waals surface area contributed by atoms with Gasteiger partial charge in [-0.15, -0.1) is 21.8 Å². The van der Waals surface area contributed by atoms with Gasteiger partial charge in [0.25, 0.3) is 5.91 Å². The summed E-state index contributed by atoms with van der Waals surface area (Å²) in [5.41, 5.74) is 4.26. The smallest absolute Gasteiger partial charge is 0.258 e. The molecular formula is C26H29Cl2N5O. The molecule has 6 nitrogen and oxygen atoms in total. The molecule has 5 rings (SSSR count). The van der Waals surface area contributed by atoms with Gasteiger partial charge in [-0.1, -0.05) is 37.6 Å². The van der Waals surface area contributed by atoms with E-state index in [9.17, 15) is 4.79 Å². The number of anilines is 1. The summed E-state index contributed by atoms with van der Waals surface area (Å²) < 4.78 is 1.96. The van der Waals surface area contributed by atoms with Crippen molar-refractivity contribution in [2.75, 3.05) is 11.4 Å². The third kappa shape index (κ3) is 4.02. The summed E-state index contributed by atoms with van der Waals surface area (Å²) in [5, 5.41) is 12.7. The van der Waals surface area contributed by atoms with Crippen LogP contribution in [0.25, 0.3) is 0 Å². The van der Waals surface area contributed by atoms with E-state index in [2.05, 4.69) is 41.5 Å². The lowest BCUT2D eigenvalue weighted by molar-refractivity contribution is 0.0996. The summed E-state index contributed by atoms with van der Waals surface area (Å²) in [5.74, 6) is 1.44. The summed E-state index contributed by atoms with van der Waals surface area (Å²) in [6.07, 6.45) is 3.30. The van der Waals surface area contributed by atoms with Gasteiger partial charge in [0, 0.05) is 40.8 Å². The number of rotatable bonds is 7. The van der Waals surface area contributed by atoms with Crippen LogP contribution in [0.1, 0.15) is 59.6 Å². The number of aromatic nitrogens is 3. The van der Waals surface area contributed by atoms with E-state index in [-0.39, 0.29) is 16.7 Å². The Bertz CT molecular complexity index is 1230. The lowest BCUT2D eigenvalue weighted by Crippen LogP contribution is -2.45. The number of benzene rings is 2. The maximum absolute atomic E-state index is 13.5. The maximum atomic E-state index is 13.5. The molecular weight excluding hydrogens is 469 g/mol. The lowest BCUT2D eigenvalue weighted by Gasteiger charge is -2.44. The highest BCUT2D eigenvalue weighted by Gasteiger charge is 2.49. The summed E-state index contributed by atoms with van der Waals surface area (Å²) in [6, 6.07) is 12.1. The van der Waals surface area contributed by atoms with Gasteiger partial charge in [-0.25, -0.2) is 0 Å².